The van der Waals surface area contributed by atoms with Gasteiger partial charge in [-0.1, -0.05) is 12.1 Å². The maximum absolute atomic E-state index is 13.7. The van der Waals surface area contributed by atoms with Crippen LogP contribution in [0.3, 0.4) is 0 Å². The van der Waals surface area contributed by atoms with E-state index in [1.165, 1.54) is 6.07 Å². The van der Waals surface area contributed by atoms with E-state index in [0.29, 0.717) is 32.0 Å². The number of hydrogen-bond donors (Lipinski definition) is 1. The van der Waals surface area contributed by atoms with Crippen molar-refractivity contribution in [2.75, 3.05) is 19.8 Å². The van der Waals surface area contributed by atoms with Crippen LogP contribution in [0.25, 0.3) is 0 Å². The number of benzene rings is 1. The van der Waals surface area contributed by atoms with Crippen molar-refractivity contribution in [3.05, 3.63) is 29.6 Å². The van der Waals surface area contributed by atoms with Gasteiger partial charge in [0.2, 0.25) is 0 Å². The maximum Gasteiger partial charge on any atom is 0.165 e. The fraction of sp³-hybridized carbons (Fsp3) is 0.571. The molecule has 0 aliphatic rings. The van der Waals surface area contributed by atoms with E-state index in [-0.39, 0.29) is 11.9 Å². The van der Waals surface area contributed by atoms with Crippen molar-refractivity contribution in [2.45, 2.75) is 32.7 Å². The smallest absolute Gasteiger partial charge is 0.165 e. The first-order valence-electron chi connectivity index (χ1n) is 6.38. The van der Waals surface area contributed by atoms with Crippen LogP contribution in [0.4, 0.5) is 4.39 Å². The van der Waals surface area contributed by atoms with E-state index in [4.69, 9.17) is 15.2 Å². The van der Waals surface area contributed by atoms with Gasteiger partial charge >= 0.3 is 0 Å². The van der Waals surface area contributed by atoms with Crippen LogP contribution in [0.15, 0.2) is 18.2 Å². The Kier molecular flexibility index (Phi) is 6.68. The van der Waals surface area contributed by atoms with E-state index in [0.717, 1.165) is 12.0 Å². The molecule has 1 atom stereocenters. The molecule has 0 heterocycles. The summed E-state index contributed by atoms with van der Waals surface area (Å²) in [4.78, 5) is 0. The second-order valence-electron chi connectivity index (χ2n) is 4.31. The summed E-state index contributed by atoms with van der Waals surface area (Å²) in [5.74, 6) is -0.00383. The fourth-order valence-electron chi connectivity index (χ4n) is 1.70. The van der Waals surface area contributed by atoms with Crippen molar-refractivity contribution in [3.63, 3.8) is 0 Å². The molecule has 1 aromatic carbocycles. The molecule has 0 radical (unpaired) electrons. The Morgan fingerprint density at radius 1 is 1.33 bits per heavy atom. The minimum atomic E-state index is -0.329. The van der Waals surface area contributed by atoms with E-state index in [1.54, 1.807) is 6.07 Å². The number of ether oxygens (including phenoxy) is 2. The highest BCUT2D eigenvalue weighted by Gasteiger charge is 2.11. The molecule has 0 fully saturated rings. The second kappa shape index (κ2) is 8.06. The topological polar surface area (TPSA) is 44.5 Å². The molecule has 18 heavy (non-hydrogen) atoms. The number of rotatable bonds is 8. The fourth-order valence-corrected chi connectivity index (χ4v) is 1.70. The average molecular weight is 255 g/mol. The number of hydrogen-bond acceptors (Lipinski definition) is 3. The summed E-state index contributed by atoms with van der Waals surface area (Å²) in [6.07, 6.45) is 1.36. The van der Waals surface area contributed by atoms with E-state index in [1.807, 2.05) is 19.9 Å². The molecule has 0 amide bonds. The highest BCUT2D eigenvalue weighted by atomic mass is 19.1. The van der Waals surface area contributed by atoms with Gasteiger partial charge in [0.1, 0.15) is 0 Å². The zero-order valence-corrected chi connectivity index (χ0v) is 11.1. The maximum atomic E-state index is 13.7. The first-order valence-corrected chi connectivity index (χ1v) is 6.38. The molecule has 1 aromatic rings. The zero-order valence-electron chi connectivity index (χ0n) is 11.1. The molecule has 102 valence electrons. The first-order chi connectivity index (χ1) is 8.65. The molecule has 0 bridgehead atoms. The number of nitrogens with two attached hydrogens (primary N) is 1. The van der Waals surface area contributed by atoms with Gasteiger partial charge in [0.15, 0.2) is 11.6 Å². The average Bonchev–Trinajstić information content (AvgIpc) is 2.31. The van der Waals surface area contributed by atoms with Crippen molar-refractivity contribution in [1.29, 1.82) is 0 Å². The Balaban J connectivity index is 2.56. The Bertz CT molecular complexity index is 356. The third-order valence-electron chi connectivity index (χ3n) is 2.47. The summed E-state index contributed by atoms with van der Waals surface area (Å²) in [5.41, 5.74) is 6.56. The molecule has 2 N–H and O–H groups in total. The summed E-state index contributed by atoms with van der Waals surface area (Å²) in [6, 6.07) is 4.92. The van der Waals surface area contributed by atoms with Gasteiger partial charge < -0.3 is 15.2 Å². The van der Waals surface area contributed by atoms with Crippen LogP contribution in [0, 0.1) is 5.82 Å². The molecule has 0 saturated carbocycles. The lowest BCUT2D eigenvalue weighted by molar-refractivity contribution is 0.130. The second-order valence-corrected chi connectivity index (χ2v) is 4.31. The largest absolute Gasteiger partial charge is 0.490 e. The van der Waals surface area contributed by atoms with Gasteiger partial charge in [0, 0.05) is 25.7 Å². The lowest BCUT2D eigenvalue weighted by atomic mass is 10.1. The van der Waals surface area contributed by atoms with Gasteiger partial charge in [0.05, 0.1) is 6.61 Å². The van der Waals surface area contributed by atoms with Crippen LogP contribution in [0.2, 0.25) is 0 Å². The van der Waals surface area contributed by atoms with Crippen LogP contribution in [0.1, 0.15) is 25.8 Å². The minimum absolute atomic E-state index is 0.0161. The predicted octanol–water partition coefficient (Wildman–Crippen LogP) is 2.52. The lowest BCUT2D eigenvalue weighted by Crippen LogP contribution is -2.18. The third kappa shape index (κ3) is 5.02. The minimum Gasteiger partial charge on any atom is -0.490 e. The first kappa shape index (κ1) is 14.9. The highest BCUT2D eigenvalue weighted by molar-refractivity contribution is 5.35. The van der Waals surface area contributed by atoms with Crippen molar-refractivity contribution in [3.8, 4) is 5.75 Å². The SMILES string of the molecule is CCOCCCOc1c(F)cccc1CC(C)N. The molecule has 0 aliphatic heterocycles. The lowest BCUT2D eigenvalue weighted by Gasteiger charge is -2.13. The molecule has 4 heteroatoms. The van der Waals surface area contributed by atoms with Gasteiger partial charge in [0.25, 0.3) is 0 Å². The normalized spacial score (nSPS) is 12.4. The zero-order chi connectivity index (χ0) is 13.4. The molecule has 0 aliphatic carbocycles. The number of halogens is 1. The predicted molar refractivity (Wildman–Crippen MR) is 70.4 cm³/mol. The van der Waals surface area contributed by atoms with E-state index in [9.17, 15) is 4.39 Å². The van der Waals surface area contributed by atoms with E-state index < -0.39 is 0 Å². The molecule has 1 unspecified atom stereocenters. The van der Waals surface area contributed by atoms with Gasteiger partial charge in [-0.2, -0.15) is 0 Å². The standard InChI is InChI=1S/C14H22FNO2/c1-3-17-8-5-9-18-14-12(10-11(2)16)6-4-7-13(14)15/h4,6-7,11H,3,5,8-10,16H2,1-2H3. The van der Waals surface area contributed by atoms with Crippen molar-refractivity contribution < 1.29 is 13.9 Å². The molecular formula is C14H22FNO2. The Hall–Kier alpha value is -1.13. The van der Waals surface area contributed by atoms with Gasteiger partial charge in [-0.25, -0.2) is 4.39 Å². The highest BCUT2D eigenvalue weighted by Crippen LogP contribution is 2.23. The van der Waals surface area contributed by atoms with Gasteiger partial charge in [-0.05, 0) is 31.9 Å². The summed E-state index contributed by atoms with van der Waals surface area (Å²) in [7, 11) is 0. The molecule has 3 nitrogen and oxygen atoms in total. The van der Waals surface area contributed by atoms with Gasteiger partial charge in [-0.3, -0.25) is 0 Å². The van der Waals surface area contributed by atoms with Crippen molar-refractivity contribution >= 4 is 0 Å². The Morgan fingerprint density at radius 2 is 2.11 bits per heavy atom. The molecular weight excluding hydrogens is 233 g/mol. The van der Waals surface area contributed by atoms with Crippen LogP contribution >= 0.6 is 0 Å². The summed E-state index contributed by atoms with van der Waals surface area (Å²) >= 11 is 0. The van der Waals surface area contributed by atoms with Crippen LogP contribution < -0.4 is 10.5 Å². The molecule has 0 aromatic heterocycles. The Labute approximate surface area is 108 Å². The van der Waals surface area contributed by atoms with E-state index >= 15 is 0 Å². The quantitative estimate of drug-likeness (QED) is 0.726. The molecule has 0 saturated heterocycles. The third-order valence-corrected chi connectivity index (χ3v) is 2.47. The number of para-hydroxylation sites is 1. The van der Waals surface area contributed by atoms with Crippen molar-refractivity contribution in [2.24, 2.45) is 5.73 Å². The summed E-state index contributed by atoms with van der Waals surface area (Å²) < 4.78 is 24.4. The molecule has 1 rings (SSSR count). The summed E-state index contributed by atoms with van der Waals surface area (Å²) in [5, 5.41) is 0. The van der Waals surface area contributed by atoms with Crippen LogP contribution in [-0.2, 0) is 11.2 Å². The van der Waals surface area contributed by atoms with Gasteiger partial charge in [-0.15, -0.1) is 0 Å². The van der Waals surface area contributed by atoms with Crippen LogP contribution in [-0.4, -0.2) is 25.9 Å². The van der Waals surface area contributed by atoms with Crippen LogP contribution in [0.5, 0.6) is 5.75 Å². The van der Waals surface area contributed by atoms with E-state index in [2.05, 4.69) is 0 Å². The van der Waals surface area contributed by atoms with Crippen molar-refractivity contribution in [1.82, 2.24) is 0 Å². The Morgan fingerprint density at radius 3 is 2.78 bits per heavy atom. The monoisotopic (exact) mass is 255 g/mol. The molecule has 0 spiro atoms. The summed E-state index contributed by atoms with van der Waals surface area (Å²) in [6.45, 7) is 5.61.